The summed E-state index contributed by atoms with van der Waals surface area (Å²) < 4.78 is 0. The van der Waals surface area contributed by atoms with Crippen molar-refractivity contribution in [1.29, 1.82) is 0 Å². The Labute approximate surface area is 167 Å². The van der Waals surface area contributed by atoms with Crippen molar-refractivity contribution in [2.24, 2.45) is 5.41 Å². The third kappa shape index (κ3) is 4.79. The number of fused-ring (bicyclic) bond motifs is 1. The van der Waals surface area contributed by atoms with Gasteiger partial charge in [-0.25, -0.2) is 4.98 Å². The van der Waals surface area contributed by atoms with E-state index in [1.54, 1.807) is 4.88 Å². The van der Waals surface area contributed by atoms with Gasteiger partial charge in [-0.2, -0.15) is 0 Å². The molecule has 0 unspecified atom stereocenters. The predicted molar refractivity (Wildman–Crippen MR) is 112 cm³/mol. The van der Waals surface area contributed by atoms with Gasteiger partial charge in [-0.1, -0.05) is 30.3 Å². The Kier molecular flexibility index (Phi) is 6.26. The van der Waals surface area contributed by atoms with Crippen LogP contribution in [0, 0.1) is 5.41 Å². The maximum atomic E-state index is 10.1. The number of hydrogen-bond donors (Lipinski definition) is 1. The number of nitrogens with zero attached hydrogens (tertiary/aromatic N) is 2. The first kappa shape index (κ1) is 19.1. The van der Waals surface area contributed by atoms with Crippen molar-refractivity contribution in [3.8, 4) is 0 Å². The third-order valence-corrected chi connectivity index (χ3v) is 7.66. The van der Waals surface area contributed by atoms with Crippen molar-refractivity contribution in [2.45, 2.75) is 64.3 Å². The molecule has 0 bridgehead atoms. The quantitative estimate of drug-likeness (QED) is 0.757. The predicted octanol–water partition coefficient (Wildman–Crippen LogP) is 4.62. The molecular weight excluding hydrogens is 352 g/mol. The molecule has 3 nitrogen and oxygen atoms in total. The Morgan fingerprint density at radius 1 is 1.07 bits per heavy atom. The van der Waals surface area contributed by atoms with Gasteiger partial charge in [-0.05, 0) is 81.9 Å². The molecule has 27 heavy (non-hydrogen) atoms. The lowest BCUT2D eigenvalue weighted by Gasteiger charge is -2.40. The molecule has 0 radical (unpaired) electrons. The minimum Gasteiger partial charge on any atom is -0.396 e. The van der Waals surface area contributed by atoms with Crippen molar-refractivity contribution >= 4 is 11.3 Å². The second-order valence-corrected chi connectivity index (χ2v) is 9.63. The van der Waals surface area contributed by atoms with E-state index < -0.39 is 0 Å². The van der Waals surface area contributed by atoms with Crippen LogP contribution in [0.15, 0.2) is 30.3 Å². The van der Waals surface area contributed by atoms with E-state index in [9.17, 15) is 5.11 Å². The Morgan fingerprint density at radius 3 is 2.59 bits per heavy atom. The van der Waals surface area contributed by atoms with Gasteiger partial charge >= 0.3 is 0 Å². The molecule has 1 aromatic heterocycles. The SMILES string of the molecule is OCC1(CCCc2ccccc2)CCN(Cc2nc3c(s2)CCCC3)CC1. The number of benzene rings is 1. The summed E-state index contributed by atoms with van der Waals surface area (Å²) in [5, 5.41) is 11.4. The molecule has 2 aliphatic rings. The summed E-state index contributed by atoms with van der Waals surface area (Å²) in [4.78, 5) is 9.00. The van der Waals surface area contributed by atoms with Gasteiger partial charge < -0.3 is 5.11 Å². The normalized spacial score (nSPS) is 19.7. The van der Waals surface area contributed by atoms with Gasteiger partial charge in [-0.15, -0.1) is 11.3 Å². The van der Waals surface area contributed by atoms with Crippen molar-refractivity contribution < 1.29 is 5.11 Å². The topological polar surface area (TPSA) is 36.4 Å². The summed E-state index contributed by atoms with van der Waals surface area (Å²) in [7, 11) is 0. The minimum absolute atomic E-state index is 0.132. The zero-order valence-electron chi connectivity index (χ0n) is 16.3. The lowest BCUT2D eigenvalue weighted by molar-refractivity contribution is 0.0329. The monoisotopic (exact) mass is 384 g/mol. The fraction of sp³-hybridized carbons (Fsp3) is 0.609. The van der Waals surface area contributed by atoms with Crippen LogP contribution in [0.5, 0.6) is 0 Å². The molecule has 0 spiro atoms. The average molecular weight is 385 g/mol. The maximum absolute atomic E-state index is 10.1. The molecule has 0 amide bonds. The Hall–Kier alpha value is -1.23. The molecule has 2 heterocycles. The number of hydrogen-bond acceptors (Lipinski definition) is 4. The standard InChI is InChI=1S/C23H32N2OS/c26-18-23(12-6-9-19-7-2-1-3-8-19)13-15-25(16-14-23)17-22-24-20-10-4-5-11-21(20)27-22/h1-3,7-8,26H,4-6,9-18H2. The van der Waals surface area contributed by atoms with Crippen LogP contribution in [0.25, 0.3) is 0 Å². The second kappa shape index (κ2) is 8.85. The zero-order valence-corrected chi connectivity index (χ0v) is 17.1. The molecule has 1 N–H and O–H groups in total. The van der Waals surface area contributed by atoms with E-state index in [4.69, 9.17) is 4.98 Å². The summed E-state index contributed by atoms with van der Waals surface area (Å²) in [5.41, 5.74) is 2.92. The Bertz CT molecular complexity index is 696. The summed E-state index contributed by atoms with van der Waals surface area (Å²) in [5.74, 6) is 0. The molecule has 4 heteroatoms. The van der Waals surface area contributed by atoms with Gasteiger partial charge in [0, 0.05) is 11.5 Å². The fourth-order valence-corrected chi connectivity index (χ4v) is 5.85. The van der Waals surface area contributed by atoms with Gasteiger partial charge in [-0.3, -0.25) is 4.90 Å². The second-order valence-electron chi connectivity index (χ2n) is 8.46. The van der Waals surface area contributed by atoms with Gasteiger partial charge in [0.15, 0.2) is 0 Å². The van der Waals surface area contributed by atoms with Crippen LogP contribution in [0.2, 0.25) is 0 Å². The van der Waals surface area contributed by atoms with Gasteiger partial charge in [0.25, 0.3) is 0 Å². The van der Waals surface area contributed by atoms with Crippen LogP contribution in [-0.2, 0) is 25.8 Å². The lowest BCUT2D eigenvalue weighted by Crippen LogP contribution is -2.41. The number of aryl methyl sites for hydroxylation is 3. The summed E-state index contributed by atoms with van der Waals surface area (Å²) in [6, 6.07) is 10.7. The fourth-order valence-electron chi connectivity index (χ4n) is 4.65. The highest BCUT2D eigenvalue weighted by molar-refractivity contribution is 7.11. The number of aliphatic hydroxyl groups is 1. The van der Waals surface area contributed by atoms with Crippen molar-refractivity contribution in [1.82, 2.24) is 9.88 Å². The lowest BCUT2D eigenvalue weighted by atomic mass is 9.75. The maximum Gasteiger partial charge on any atom is 0.107 e. The smallest absolute Gasteiger partial charge is 0.107 e. The van der Waals surface area contributed by atoms with Crippen molar-refractivity contribution in [3.63, 3.8) is 0 Å². The van der Waals surface area contributed by atoms with E-state index in [-0.39, 0.29) is 5.41 Å². The first-order valence-corrected chi connectivity index (χ1v) is 11.4. The molecule has 1 aliphatic carbocycles. The number of rotatable bonds is 7. The average Bonchev–Trinajstić information content (AvgIpc) is 3.13. The molecule has 4 rings (SSSR count). The first-order valence-electron chi connectivity index (χ1n) is 10.6. The molecule has 0 saturated carbocycles. The minimum atomic E-state index is 0.132. The molecular formula is C23H32N2OS. The Morgan fingerprint density at radius 2 is 1.85 bits per heavy atom. The number of thiazole rings is 1. The summed E-state index contributed by atoms with van der Waals surface area (Å²) in [6.45, 7) is 3.52. The van der Waals surface area contributed by atoms with E-state index in [2.05, 4.69) is 35.2 Å². The van der Waals surface area contributed by atoms with E-state index in [1.807, 2.05) is 11.3 Å². The zero-order chi connectivity index (χ0) is 18.5. The van der Waals surface area contributed by atoms with Gasteiger partial charge in [0.2, 0.25) is 0 Å². The first-order chi connectivity index (χ1) is 13.3. The highest BCUT2D eigenvalue weighted by Gasteiger charge is 2.33. The van der Waals surface area contributed by atoms with E-state index >= 15 is 0 Å². The highest BCUT2D eigenvalue weighted by Crippen LogP contribution is 2.37. The molecule has 1 aliphatic heterocycles. The molecule has 1 fully saturated rings. The van der Waals surface area contributed by atoms with Gasteiger partial charge in [0.1, 0.15) is 5.01 Å². The largest absolute Gasteiger partial charge is 0.396 e. The van der Waals surface area contributed by atoms with E-state index in [0.717, 1.165) is 45.3 Å². The van der Waals surface area contributed by atoms with Crippen LogP contribution in [0.1, 0.15) is 59.7 Å². The third-order valence-electron chi connectivity index (χ3n) is 6.52. The van der Waals surface area contributed by atoms with E-state index in [0.29, 0.717) is 6.61 Å². The van der Waals surface area contributed by atoms with Crippen LogP contribution in [0.4, 0.5) is 0 Å². The number of likely N-dealkylation sites (tertiary alicyclic amines) is 1. The van der Waals surface area contributed by atoms with Crippen LogP contribution < -0.4 is 0 Å². The summed E-state index contributed by atoms with van der Waals surface area (Å²) in [6.07, 6.45) is 10.7. The highest BCUT2D eigenvalue weighted by atomic mass is 32.1. The Balaban J connectivity index is 1.26. The number of piperidine rings is 1. The molecule has 1 aromatic carbocycles. The van der Waals surface area contributed by atoms with E-state index in [1.165, 1.54) is 48.4 Å². The van der Waals surface area contributed by atoms with Crippen LogP contribution in [0.3, 0.4) is 0 Å². The molecule has 0 atom stereocenters. The molecule has 1 saturated heterocycles. The van der Waals surface area contributed by atoms with Crippen molar-refractivity contribution in [3.05, 3.63) is 51.5 Å². The number of aromatic nitrogens is 1. The molecule has 146 valence electrons. The van der Waals surface area contributed by atoms with Crippen LogP contribution in [-0.4, -0.2) is 34.7 Å². The number of aliphatic hydroxyl groups excluding tert-OH is 1. The van der Waals surface area contributed by atoms with Gasteiger partial charge in [0.05, 0.1) is 12.2 Å². The summed E-state index contributed by atoms with van der Waals surface area (Å²) >= 11 is 1.94. The molecule has 2 aromatic rings. The van der Waals surface area contributed by atoms with Crippen LogP contribution >= 0.6 is 11.3 Å². The van der Waals surface area contributed by atoms with Crippen molar-refractivity contribution in [2.75, 3.05) is 19.7 Å².